The average Bonchev–Trinajstić information content (AvgIpc) is 2.01. The first-order valence-electron chi connectivity index (χ1n) is 3.69. The van der Waals surface area contributed by atoms with Crippen molar-refractivity contribution in [3.8, 4) is 0 Å². The summed E-state index contributed by atoms with van der Waals surface area (Å²) in [5.41, 5.74) is 0.979. The SMILES string of the molecule is C/C=C\NC1=CC(=O)NCC1. The molecule has 0 aromatic rings. The van der Waals surface area contributed by atoms with Gasteiger partial charge in [0.15, 0.2) is 0 Å². The molecule has 0 aromatic heterocycles. The molecule has 3 nitrogen and oxygen atoms in total. The van der Waals surface area contributed by atoms with Gasteiger partial charge in [0.05, 0.1) is 0 Å². The van der Waals surface area contributed by atoms with E-state index < -0.39 is 0 Å². The number of allylic oxidation sites excluding steroid dienone is 1. The van der Waals surface area contributed by atoms with Crippen LogP contribution in [0.5, 0.6) is 0 Å². The lowest BCUT2D eigenvalue weighted by molar-refractivity contribution is -0.116. The van der Waals surface area contributed by atoms with Crippen LogP contribution in [-0.4, -0.2) is 12.5 Å². The molecule has 0 atom stereocenters. The number of carbonyl (C=O) groups is 1. The van der Waals surface area contributed by atoms with Crippen molar-refractivity contribution in [3.05, 3.63) is 24.0 Å². The molecule has 0 spiro atoms. The van der Waals surface area contributed by atoms with Gasteiger partial charge in [-0.25, -0.2) is 0 Å². The molecule has 1 rings (SSSR count). The van der Waals surface area contributed by atoms with E-state index in [0.717, 1.165) is 18.7 Å². The number of rotatable bonds is 2. The normalized spacial score (nSPS) is 17.9. The first-order valence-corrected chi connectivity index (χ1v) is 3.69. The summed E-state index contributed by atoms with van der Waals surface area (Å²) in [7, 11) is 0. The lowest BCUT2D eigenvalue weighted by Crippen LogP contribution is -2.29. The molecule has 0 bridgehead atoms. The molecule has 0 saturated carbocycles. The largest absolute Gasteiger partial charge is 0.365 e. The number of nitrogens with one attached hydrogen (secondary N) is 2. The van der Waals surface area contributed by atoms with E-state index in [0.29, 0.717) is 0 Å². The van der Waals surface area contributed by atoms with Crippen LogP contribution in [0.2, 0.25) is 0 Å². The smallest absolute Gasteiger partial charge is 0.245 e. The van der Waals surface area contributed by atoms with E-state index in [2.05, 4.69) is 10.6 Å². The molecule has 1 aliphatic rings. The lowest BCUT2D eigenvalue weighted by Gasteiger charge is -2.12. The van der Waals surface area contributed by atoms with E-state index in [9.17, 15) is 4.79 Å². The fraction of sp³-hybridized carbons (Fsp3) is 0.375. The van der Waals surface area contributed by atoms with Gasteiger partial charge in [-0.15, -0.1) is 0 Å². The number of amides is 1. The van der Waals surface area contributed by atoms with Crippen LogP contribution in [0.4, 0.5) is 0 Å². The third-order valence-electron chi connectivity index (χ3n) is 1.43. The Morgan fingerprint density at radius 3 is 3.18 bits per heavy atom. The van der Waals surface area contributed by atoms with Crippen LogP contribution < -0.4 is 10.6 Å². The lowest BCUT2D eigenvalue weighted by atomic mass is 10.2. The Balaban J connectivity index is 2.49. The van der Waals surface area contributed by atoms with Crippen molar-refractivity contribution < 1.29 is 4.79 Å². The fourth-order valence-corrected chi connectivity index (χ4v) is 0.906. The summed E-state index contributed by atoms with van der Waals surface area (Å²) in [6.07, 6.45) is 6.19. The van der Waals surface area contributed by atoms with E-state index in [1.54, 1.807) is 6.08 Å². The molecule has 3 heteroatoms. The van der Waals surface area contributed by atoms with Crippen LogP contribution >= 0.6 is 0 Å². The molecule has 0 saturated heterocycles. The molecule has 60 valence electrons. The minimum absolute atomic E-state index is 0.0109. The molecule has 1 heterocycles. The van der Waals surface area contributed by atoms with Crippen LogP contribution in [0.3, 0.4) is 0 Å². The third kappa shape index (κ3) is 2.45. The summed E-state index contributed by atoms with van der Waals surface area (Å²) in [6.45, 7) is 2.66. The number of hydrogen-bond donors (Lipinski definition) is 2. The second-order valence-corrected chi connectivity index (χ2v) is 2.35. The molecule has 0 aliphatic carbocycles. The minimum atomic E-state index is -0.0109. The maximum atomic E-state index is 10.8. The van der Waals surface area contributed by atoms with Gasteiger partial charge in [-0.2, -0.15) is 0 Å². The van der Waals surface area contributed by atoms with Crippen molar-refractivity contribution in [2.24, 2.45) is 0 Å². The summed E-state index contributed by atoms with van der Waals surface area (Å²) >= 11 is 0. The predicted molar refractivity (Wildman–Crippen MR) is 43.7 cm³/mol. The second kappa shape index (κ2) is 3.81. The zero-order chi connectivity index (χ0) is 8.10. The minimum Gasteiger partial charge on any atom is -0.365 e. The molecule has 0 aromatic carbocycles. The summed E-state index contributed by atoms with van der Waals surface area (Å²) < 4.78 is 0. The Bertz CT molecular complexity index is 206. The highest BCUT2D eigenvalue weighted by Gasteiger charge is 2.05. The van der Waals surface area contributed by atoms with Gasteiger partial charge in [0.25, 0.3) is 0 Å². The highest BCUT2D eigenvalue weighted by Crippen LogP contribution is 1.99. The Morgan fingerprint density at radius 1 is 1.73 bits per heavy atom. The van der Waals surface area contributed by atoms with E-state index in [1.807, 2.05) is 19.2 Å². The van der Waals surface area contributed by atoms with Crippen LogP contribution in [0.1, 0.15) is 13.3 Å². The second-order valence-electron chi connectivity index (χ2n) is 2.35. The monoisotopic (exact) mass is 152 g/mol. The zero-order valence-electron chi connectivity index (χ0n) is 6.55. The molecule has 1 amide bonds. The van der Waals surface area contributed by atoms with Crippen molar-refractivity contribution in [2.75, 3.05) is 6.54 Å². The number of carbonyl (C=O) groups excluding carboxylic acids is 1. The van der Waals surface area contributed by atoms with Gasteiger partial charge in [0.1, 0.15) is 0 Å². The van der Waals surface area contributed by atoms with Gasteiger partial charge in [0.2, 0.25) is 5.91 Å². The van der Waals surface area contributed by atoms with Crippen molar-refractivity contribution >= 4 is 5.91 Å². The standard InChI is InChI=1S/C8H12N2O/c1-2-4-9-7-3-5-10-8(11)6-7/h2,4,6,9H,3,5H2,1H3,(H,10,11)/b4-2-. The first kappa shape index (κ1) is 7.85. The maximum Gasteiger partial charge on any atom is 0.245 e. The maximum absolute atomic E-state index is 10.8. The van der Waals surface area contributed by atoms with Crippen LogP contribution in [0.15, 0.2) is 24.0 Å². The van der Waals surface area contributed by atoms with E-state index in [4.69, 9.17) is 0 Å². The highest BCUT2D eigenvalue weighted by molar-refractivity contribution is 5.88. The Labute approximate surface area is 66.2 Å². The van der Waals surface area contributed by atoms with E-state index in [-0.39, 0.29) is 5.91 Å². The van der Waals surface area contributed by atoms with Gasteiger partial charge in [-0.05, 0) is 13.1 Å². The Hall–Kier alpha value is -1.25. The van der Waals surface area contributed by atoms with Gasteiger partial charge >= 0.3 is 0 Å². The Kier molecular flexibility index (Phi) is 2.72. The Morgan fingerprint density at radius 2 is 2.55 bits per heavy atom. The molecule has 0 fully saturated rings. The van der Waals surface area contributed by atoms with E-state index in [1.165, 1.54) is 0 Å². The molecule has 11 heavy (non-hydrogen) atoms. The summed E-state index contributed by atoms with van der Waals surface area (Å²) in [5, 5.41) is 5.73. The van der Waals surface area contributed by atoms with Crippen LogP contribution in [0.25, 0.3) is 0 Å². The highest BCUT2D eigenvalue weighted by atomic mass is 16.1. The van der Waals surface area contributed by atoms with Gasteiger partial charge in [-0.3, -0.25) is 4.79 Å². The number of hydrogen-bond acceptors (Lipinski definition) is 2. The van der Waals surface area contributed by atoms with Crippen molar-refractivity contribution in [3.63, 3.8) is 0 Å². The molecular formula is C8H12N2O. The van der Waals surface area contributed by atoms with Gasteiger partial charge in [0, 0.05) is 24.7 Å². The average molecular weight is 152 g/mol. The van der Waals surface area contributed by atoms with E-state index >= 15 is 0 Å². The predicted octanol–water partition coefficient (Wildman–Crippen LogP) is 0.513. The molecule has 0 radical (unpaired) electrons. The molecular weight excluding hydrogens is 140 g/mol. The first-order chi connectivity index (χ1) is 5.33. The summed E-state index contributed by atoms with van der Waals surface area (Å²) in [6, 6.07) is 0. The van der Waals surface area contributed by atoms with Crippen LogP contribution in [0, 0.1) is 0 Å². The van der Waals surface area contributed by atoms with Crippen molar-refractivity contribution in [1.29, 1.82) is 0 Å². The summed E-state index contributed by atoms with van der Waals surface area (Å²) in [4.78, 5) is 10.8. The molecule has 1 aliphatic heterocycles. The molecule has 2 N–H and O–H groups in total. The van der Waals surface area contributed by atoms with Gasteiger partial charge < -0.3 is 10.6 Å². The quantitative estimate of drug-likeness (QED) is 0.605. The third-order valence-corrected chi connectivity index (χ3v) is 1.43. The van der Waals surface area contributed by atoms with Crippen LogP contribution in [-0.2, 0) is 4.79 Å². The summed E-state index contributed by atoms with van der Waals surface area (Å²) in [5.74, 6) is -0.0109. The topological polar surface area (TPSA) is 41.1 Å². The zero-order valence-corrected chi connectivity index (χ0v) is 6.55. The van der Waals surface area contributed by atoms with Gasteiger partial charge in [-0.1, -0.05) is 6.08 Å². The fourth-order valence-electron chi connectivity index (χ4n) is 0.906. The van der Waals surface area contributed by atoms with Crippen molar-refractivity contribution in [2.45, 2.75) is 13.3 Å². The van der Waals surface area contributed by atoms with Crippen molar-refractivity contribution in [1.82, 2.24) is 10.6 Å². The molecule has 0 unspecified atom stereocenters.